The molecule has 0 aromatic heterocycles. The largest absolute Gasteiger partial charge is 0.494 e. The van der Waals surface area contributed by atoms with Crippen LogP contribution in [0.4, 0.5) is 0 Å². The molecule has 0 saturated carbocycles. The molecule has 0 aliphatic rings. The van der Waals surface area contributed by atoms with Gasteiger partial charge in [-0.2, -0.15) is 0 Å². The van der Waals surface area contributed by atoms with Crippen LogP contribution in [0.1, 0.15) is 24.5 Å². The Morgan fingerprint density at radius 3 is 2.08 bits per heavy atom. The van der Waals surface area contributed by atoms with Crippen LogP contribution in [-0.2, 0) is 0 Å². The van der Waals surface area contributed by atoms with Crippen molar-refractivity contribution >= 4 is 0 Å². The number of ether oxygens (including phenoxy) is 1. The van der Waals surface area contributed by atoms with Crippen LogP contribution in [0, 0.1) is 13.8 Å². The molecular weight excluding hydrogens is 162 g/mol. The van der Waals surface area contributed by atoms with Gasteiger partial charge in [0.25, 0.3) is 0 Å². The van der Waals surface area contributed by atoms with E-state index in [-0.39, 0.29) is 6.15 Å². The lowest BCUT2D eigenvalue weighted by Crippen LogP contribution is -1.95. The maximum absolute atomic E-state index is 5.52. The molecule has 0 amide bonds. The fourth-order valence-electron chi connectivity index (χ4n) is 1.24. The minimum absolute atomic E-state index is 0. The Balaban J connectivity index is 0.00000144. The van der Waals surface area contributed by atoms with Crippen molar-refractivity contribution in [1.82, 2.24) is 6.15 Å². The van der Waals surface area contributed by atoms with Crippen LogP contribution in [-0.4, -0.2) is 6.61 Å². The van der Waals surface area contributed by atoms with Gasteiger partial charge in [0.05, 0.1) is 6.61 Å². The lowest BCUT2D eigenvalue weighted by atomic mass is 10.1. The predicted octanol–water partition coefficient (Wildman–Crippen LogP) is 3.25. The average molecular weight is 181 g/mol. The lowest BCUT2D eigenvalue weighted by molar-refractivity contribution is 0.317. The molecule has 0 aliphatic heterocycles. The highest BCUT2D eigenvalue weighted by atomic mass is 16.5. The SMILES string of the molecule is CCCOc1cc(C)cc(C)c1.N. The van der Waals surface area contributed by atoms with E-state index in [9.17, 15) is 0 Å². The molecule has 0 radical (unpaired) electrons. The summed E-state index contributed by atoms with van der Waals surface area (Å²) in [5, 5.41) is 0. The Bertz CT molecular complexity index is 238. The van der Waals surface area contributed by atoms with E-state index in [2.05, 4.69) is 39.0 Å². The molecule has 2 heteroatoms. The molecule has 0 spiro atoms. The molecule has 1 rings (SSSR count). The highest BCUT2D eigenvalue weighted by Crippen LogP contribution is 2.15. The molecule has 0 fully saturated rings. The van der Waals surface area contributed by atoms with Gasteiger partial charge in [-0.3, -0.25) is 0 Å². The van der Waals surface area contributed by atoms with Gasteiger partial charge >= 0.3 is 0 Å². The second-order valence-corrected chi connectivity index (χ2v) is 3.17. The first-order valence-corrected chi connectivity index (χ1v) is 4.43. The number of rotatable bonds is 3. The fourth-order valence-corrected chi connectivity index (χ4v) is 1.24. The topological polar surface area (TPSA) is 44.2 Å². The van der Waals surface area contributed by atoms with E-state index >= 15 is 0 Å². The van der Waals surface area contributed by atoms with Gasteiger partial charge in [0.15, 0.2) is 0 Å². The summed E-state index contributed by atoms with van der Waals surface area (Å²) in [6.07, 6.45) is 1.06. The second-order valence-electron chi connectivity index (χ2n) is 3.17. The minimum atomic E-state index is 0. The first-order valence-electron chi connectivity index (χ1n) is 4.43. The summed E-state index contributed by atoms with van der Waals surface area (Å²) in [5.74, 6) is 0.995. The first-order chi connectivity index (χ1) is 5.72. The van der Waals surface area contributed by atoms with E-state index in [1.807, 2.05) is 0 Å². The van der Waals surface area contributed by atoms with Crippen LogP contribution in [0.15, 0.2) is 18.2 Å². The smallest absolute Gasteiger partial charge is 0.119 e. The molecule has 3 N–H and O–H groups in total. The van der Waals surface area contributed by atoms with E-state index in [1.54, 1.807) is 0 Å². The number of hydrogen-bond acceptors (Lipinski definition) is 2. The monoisotopic (exact) mass is 181 g/mol. The summed E-state index contributed by atoms with van der Waals surface area (Å²) in [4.78, 5) is 0. The summed E-state index contributed by atoms with van der Waals surface area (Å²) in [6, 6.07) is 6.30. The molecule has 2 nitrogen and oxygen atoms in total. The quantitative estimate of drug-likeness (QED) is 0.777. The van der Waals surface area contributed by atoms with E-state index in [0.29, 0.717) is 0 Å². The highest BCUT2D eigenvalue weighted by Gasteiger charge is 1.94. The minimum Gasteiger partial charge on any atom is -0.494 e. The summed E-state index contributed by atoms with van der Waals surface area (Å²) >= 11 is 0. The summed E-state index contributed by atoms with van der Waals surface area (Å²) in [5.41, 5.74) is 2.53. The normalized spacial score (nSPS) is 9.15. The Morgan fingerprint density at radius 2 is 1.62 bits per heavy atom. The van der Waals surface area contributed by atoms with Crippen LogP contribution in [0.25, 0.3) is 0 Å². The zero-order valence-corrected chi connectivity index (χ0v) is 8.76. The maximum atomic E-state index is 5.52. The van der Waals surface area contributed by atoms with Crippen molar-refractivity contribution in [2.24, 2.45) is 0 Å². The highest BCUT2D eigenvalue weighted by molar-refractivity contribution is 5.32. The van der Waals surface area contributed by atoms with Crippen LogP contribution >= 0.6 is 0 Å². The molecule has 0 bridgehead atoms. The average Bonchev–Trinajstić information content (AvgIpc) is 1.99. The van der Waals surface area contributed by atoms with Crippen molar-refractivity contribution in [3.05, 3.63) is 29.3 Å². The standard InChI is InChI=1S/C11H16O.H3N/c1-4-5-12-11-7-9(2)6-10(3)8-11;/h6-8H,4-5H2,1-3H3;1H3. The van der Waals surface area contributed by atoms with Crippen molar-refractivity contribution in [3.63, 3.8) is 0 Å². The van der Waals surface area contributed by atoms with Crippen LogP contribution in [0.3, 0.4) is 0 Å². The maximum Gasteiger partial charge on any atom is 0.119 e. The number of hydrogen-bond donors (Lipinski definition) is 1. The van der Waals surface area contributed by atoms with Crippen molar-refractivity contribution in [2.75, 3.05) is 6.61 Å². The Kier molecular flexibility index (Phi) is 5.16. The van der Waals surface area contributed by atoms with Gasteiger partial charge in [-0.1, -0.05) is 13.0 Å². The van der Waals surface area contributed by atoms with Gasteiger partial charge < -0.3 is 10.9 Å². The third-order valence-corrected chi connectivity index (χ3v) is 1.67. The first kappa shape index (κ1) is 12.0. The van der Waals surface area contributed by atoms with Crippen molar-refractivity contribution in [1.29, 1.82) is 0 Å². The van der Waals surface area contributed by atoms with Gasteiger partial charge in [0, 0.05) is 0 Å². The number of benzene rings is 1. The molecule has 0 saturated heterocycles. The van der Waals surface area contributed by atoms with Gasteiger partial charge in [0.1, 0.15) is 5.75 Å². The van der Waals surface area contributed by atoms with Crippen molar-refractivity contribution in [3.8, 4) is 5.75 Å². The van der Waals surface area contributed by atoms with Crippen molar-refractivity contribution in [2.45, 2.75) is 27.2 Å². The zero-order valence-electron chi connectivity index (χ0n) is 8.76. The van der Waals surface area contributed by atoms with Crippen LogP contribution < -0.4 is 10.9 Å². The molecule has 0 atom stereocenters. The Morgan fingerprint density at radius 1 is 1.08 bits per heavy atom. The third kappa shape index (κ3) is 3.95. The molecule has 0 heterocycles. The number of aryl methyl sites for hydroxylation is 2. The second kappa shape index (κ2) is 5.60. The van der Waals surface area contributed by atoms with E-state index in [4.69, 9.17) is 4.74 Å². The molecular formula is C11H19NO. The predicted molar refractivity (Wildman–Crippen MR) is 56.7 cm³/mol. The van der Waals surface area contributed by atoms with Gasteiger partial charge in [-0.25, -0.2) is 0 Å². The van der Waals surface area contributed by atoms with Crippen molar-refractivity contribution < 1.29 is 4.74 Å². The van der Waals surface area contributed by atoms with Gasteiger partial charge in [0.2, 0.25) is 0 Å². The third-order valence-electron chi connectivity index (χ3n) is 1.67. The fraction of sp³-hybridized carbons (Fsp3) is 0.455. The van der Waals surface area contributed by atoms with E-state index in [1.165, 1.54) is 11.1 Å². The molecule has 13 heavy (non-hydrogen) atoms. The molecule has 74 valence electrons. The Labute approximate surface area is 80.5 Å². The Hall–Kier alpha value is -1.02. The van der Waals surface area contributed by atoms with Crippen LogP contribution in [0.5, 0.6) is 5.75 Å². The molecule has 1 aromatic carbocycles. The van der Waals surface area contributed by atoms with Gasteiger partial charge in [-0.05, 0) is 43.5 Å². The summed E-state index contributed by atoms with van der Waals surface area (Å²) < 4.78 is 5.52. The lowest BCUT2D eigenvalue weighted by Gasteiger charge is -2.06. The molecule has 0 aliphatic carbocycles. The zero-order chi connectivity index (χ0) is 8.97. The summed E-state index contributed by atoms with van der Waals surface area (Å²) in [7, 11) is 0. The van der Waals surface area contributed by atoms with Gasteiger partial charge in [-0.15, -0.1) is 0 Å². The van der Waals surface area contributed by atoms with E-state index < -0.39 is 0 Å². The molecule has 0 unspecified atom stereocenters. The van der Waals surface area contributed by atoms with E-state index in [0.717, 1.165) is 18.8 Å². The molecule has 1 aromatic rings. The van der Waals surface area contributed by atoms with Crippen LogP contribution in [0.2, 0.25) is 0 Å². The summed E-state index contributed by atoms with van der Waals surface area (Å²) in [6.45, 7) is 7.10.